The highest BCUT2D eigenvalue weighted by atomic mass is 32.1. The molecule has 0 aliphatic carbocycles. The van der Waals surface area contributed by atoms with Gasteiger partial charge in [0.25, 0.3) is 0 Å². The predicted molar refractivity (Wildman–Crippen MR) is 119 cm³/mol. The zero-order valence-electron chi connectivity index (χ0n) is 17.4. The van der Waals surface area contributed by atoms with Crippen molar-refractivity contribution in [2.24, 2.45) is 0 Å². The van der Waals surface area contributed by atoms with Crippen LogP contribution in [0, 0.1) is 5.41 Å². The molecule has 0 spiro atoms. The summed E-state index contributed by atoms with van der Waals surface area (Å²) in [7, 11) is 2.16. The molecule has 30 heavy (non-hydrogen) atoms. The maximum atomic E-state index is 8.77. The van der Waals surface area contributed by atoms with Gasteiger partial charge in [-0.05, 0) is 38.1 Å². The first-order valence-electron chi connectivity index (χ1n) is 10.7. The van der Waals surface area contributed by atoms with Gasteiger partial charge in [-0.1, -0.05) is 0 Å². The number of likely N-dealkylation sites (N-methyl/N-ethyl adjacent to an activating group) is 1. The Balaban J connectivity index is 1.19. The van der Waals surface area contributed by atoms with Crippen LogP contribution in [0.5, 0.6) is 0 Å². The Labute approximate surface area is 180 Å². The number of fused-ring (bicyclic) bond motifs is 3. The Kier molecular flexibility index (Phi) is 5.49. The summed E-state index contributed by atoms with van der Waals surface area (Å²) in [5, 5.41) is 9.86. The molecule has 3 aromatic heterocycles. The number of nitrogens with one attached hydrogen (secondary N) is 1. The Morgan fingerprint density at radius 1 is 1.03 bits per heavy atom. The van der Waals surface area contributed by atoms with Crippen LogP contribution < -0.4 is 10.4 Å². The first kappa shape index (κ1) is 19.6. The molecule has 1 fully saturated rings. The molecule has 2 aliphatic heterocycles. The molecule has 3 aromatic rings. The number of nitrogens with zero attached hydrogens (tertiary/aromatic N) is 7. The van der Waals surface area contributed by atoms with Crippen LogP contribution >= 0.6 is 11.3 Å². The van der Waals surface area contributed by atoms with Crippen molar-refractivity contribution in [3.8, 4) is 0 Å². The predicted octanol–water partition coefficient (Wildman–Crippen LogP) is 1.57. The minimum absolute atomic E-state index is 0.632. The molecule has 5 heterocycles. The SMILES string of the molecule is CN1CCc2c(sc3ncn(CCCN4CCN(c5ncccn5)CC4)c(=N)c23)C1. The average Bonchev–Trinajstić information content (AvgIpc) is 3.14. The molecule has 1 N–H and O–H groups in total. The standard InChI is InChI=1S/C21H28N8S/c1-26-9-4-16-17(14-26)30-20-18(16)19(22)29(15-25-20)8-3-7-27-10-12-28(13-11-27)21-23-5-2-6-24-21/h2,5-6,15,22H,3-4,7-14H2,1H3. The number of piperazine rings is 1. The van der Waals surface area contributed by atoms with Crippen LogP contribution in [0.2, 0.25) is 0 Å². The van der Waals surface area contributed by atoms with Crippen LogP contribution in [0.15, 0.2) is 24.8 Å². The van der Waals surface area contributed by atoms with Crippen molar-refractivity contribution < 1.29 is 0 Å². The van der Waals surface area contributed by atoms with E-state index in [0.717, 1.165) is 81.4 Å². The van der Waals surface area contributed by atoms with Gasteiger partial charge in [-0.2, -0.15) is 0 Å². The second-order valence-electron chi connectivity index (χ2n) is 8.19. The first-order chi connectivity index (χ1) is 14.7. The summed E-state index contributed by atoms with van der Waals surface area (Å²) in [6.07, 6.45) is 7.52. The zero-order chi connectivity index (χ0) is 20.5. The topological polar surface area (TPSA) is 77.2 Å². The van der Waals surface area contributed by atoms with Crippen LogP contribution in [0.3, 0.4) is 0 Å². The number of hydrogen-bond acceptors (Lipinski definition) is 8. The number of rotatable bonds is 5. The summed E-state index contributed by atoms with van der Waals surface area (Å²) >= 11 is 1.76. The lowest BCUT2D eigenvalue weighted by Gasteiger charge is -2.34. The van der Waals surface area contributed by atoms with E-state index in [1.807, 2.05) is 17.0 Å². The minimum atomic E-state index is 0.632. The van der Waals surface area contributed by atoms with Crippen LogP contribution in [-0.2, 0) is 19.5 Å². The van der Waals surface area contributed by atoms with Gasteiger partial charge < -0.3 is 14.4 Å². The normalized spacial score (nSPS) is 18.1. The van der Waals surface area contributed by atoms with Gasteiger partial charge in [-0.15, -0.1) is 11.3 Å². The zero-order valence-corrected chi connectivity index (χ0v) is 18.2. The average molecular weight is 425 g/mol. The van der Waals surface area contributed by atoms with Crippen molar-refractivity contribution in [3.63, 3.8) is 0 Å². The summed E-state index contributed by atoms with van der Waals surface area (Å²) in [5.41, 5.74) is 1.99. The molecule has 158 valence electrons. The van der Waals surface area contributed by atoms with Crippen molar-refractivity contribution >= 4 is 27.5 Å². The summed E-state index contributed by atoms with van der Waals surface area (Å²) in [6.45, 7) is 7.91. The molecule has 0 radical (unpaired) electrons. The van der Waals surface area contributed by atoms with E-state index in [1.165, 1.54) is 10.4 Å². The molecule has 8 nitrogen and oxygen atoms in total. The summed E-state index contributed by atoms with van der Waals surface area (Å²) in [4.78, 5) is 22.9. The second kappa shape index (κ2) is 8.41. The van der Waals surface area contributed by atoms with Crippen LogP contribution in [0.4, 0.5) is 5.95 Å². The molecular formula is C21H28N8S. The second-order valence-corrected chi connectivity index (χ2v) is 9.27. The summed E-state index contributed by atoms with van der Waals surface area (Å²) < 4.78 is 2.03. The van der Waals surface area contributed by atoms with Gasteiger partial charge >= 0.3 is 0 Å². The molecule has 0 amide bonds. The van der Waals surface area contributed by atoms with Crippen LogP contribution in [-0.4, -0.2) is 75.6 Å². The fourth-order valence-corrected chi connectivity index (χ4v) is 5.70. The third kappa shape index (κ3) is 3.84. The van der Waals surface area contributed by atoms with E-state index in [9.17, 15) is 0 Å². The van der Waals surface area contributed by atoms with Crippen molar-refractivity contribution in [2.45, 2.75) is 25.9 Å². The van der Waals surface area contributed by atoms with Gasteiger partial charge in [-0.3, -0.25) is 10.3 Å². The molecule has 5 rings (SSSR count). The minimum Gasteiger partial charge on any atom is -0.338 e. The van der Waals surface area contributed by atoms with E-state index in [-0.39, 0.29) is 0 Å². The largest absolute Gasteiger partial charge is 0.338 e. The fourth-order valence-electron chi connectivity index (χ4n) is 4.44. The number of thiophene rings is 1. The van der Waals surface area contributed by atoms with Gasteiger partial charge in [0, 0.05) is 63.1 Å². The maximum Gasteiger partial charge on any atom is 0.225 e. The number of aryl methyl sites for hydroxylation is 1. The van der Waals surface area contributed by atoms with E-state index < -0.39 is 0 Å². The molecule has 0 aromatic carbocycles. The van der Waals surface area contributed by atoms with Gasteiger partial charge in [0.1, 0.15) is 10.3 Å². The molecule has 0 atom stereocenters. The monoisotopic (exact) mass is 424 g/mol. The Morgan fingerprint density at radius 2 is 1.83 bits per heavy atom. The van der Waals surface area contributed by atoms with Gasteiger partial charge in [0.15, 0.2) is 0 Å². The lowest BCUT2D eigenvalue weighted by atomic mass is 10.1. The van der Waals surface area contributed by atoms with E-state index in [2.05, 4.69) is 36.7 Å². The highest BCUT2D eigenvalue weighted by molar-refractivity contribution is 7.18. The molecular weight excluding hydrogens is 396 g/mol. The van der Waals surface area contributed by atoms with Crippen LogP contribution in [0.25, 0.3) is 10.2 Å². The Bertz CT molecular complexity index is 1070. The van der Waals surface area contributed by atoms with Gasteiger partial charge in [0.2, 0.25) is 5.95 Å². The highest BCUT2D eigenvalue weighted by Gasteiger charge is 2.21. The van der Waals surface area contributed by atoms with Crippen molar-refractivity contribution in [2.75, 3.05) is 51.2 Å². The third-order valence-corrected chi connectivity index (χ3v) is 7.27. The number of anilines is 1. The lowest BCUT2D eigenvalue weighted by molar-refractivity contribution is 0.249. The summed E-state index contributed by atoms with van der Waals surface area (Å²) in [5.74, 6) is 0.830. The first-order valence-corrected chi connectivity index (χ1v) is 11.5. The molecule has 0 unspecified atom stereocenters. The van der Waals surface area contributed by atoms with Gasteiger partial charge in [0.05, 0.1) is 11.7 Å². The molecule has 2 aliphatic rings. The van der Waals surface area contributed by atoms with E-state index in [0.29, 0.717) is 5.49 Å². The smallest absolute Gasteiger partial charge is 0.225 e. The molecule has 9 heteroatoms. The van der Waals surface area contributed by atoms with Crippen molar-refractivity contribution in [1.82, 2.24) is 29.3 Å². The number of aromatic nitrogens is 4. The van der Waals surface area contributed by atoms with Crippen molar-refractivity contribution in [3.05, 3.63) is 40.7 Å². The van der Waals surface area contributed by atoms with Crippen LogP contribution in [0.1, 0.15) is 16.9 Å². The molecule has 1 saturated heterocycles. The molecule has 0 saturated carbocycles. The van der Waals surface area contributed by atoms with E-state index in [1.54, 1.807) is 23.7 Å². The van der Waals surface area contributed by atoms with Crippen molar-refractivity contribution in [1.29, 1.82) is 5.41 Å². The maximum absolute atomic E-state index is 8.77. The Hall–Kier alpha value is -2.36. The Morgan fingerprint density at radius 3 is 2.63 bits per heavy atom. The van der Waals surface area contributed by atoms with E-state index >= 15 is 0 Å². The van der Waals surface area contributed by atoms with Gasteiger partial charge in [-0.25, -0.2) is 15.0 Å². The molecule has 0 bridgehead atoms. The highest BCUT2D eigenvalue weighted by Crippen LogP contribution is 2.31. The summed E-state index contributed by atoms with van der Waals surface area (Å²) in [6, 6.07) is 1.86. The van der Waals surface area contributed by atoms with E-state index in [4.69, 9.17) is 5.41 Å². The number of hydrogen-bond donors (Lipinski definition) is 1. The third-order valence-electron chi connectivity index (χ3n) is 6.15. The quantitative estimate of drug-likeness (QED) is 0.670. The fraction of sp³-hybridized carbons (Fsp3) is 0.524. The lowest BCUT2D eigenvalue weighted by Crippen LogP contribution is -2.47.